The highest BCUT2D eigenvalue weighted by atomic mass is 79.9. The summed E-state index contributed by atoms with van der Waals surface area (Å²) in [6.07, 6.45) is 4.66. The highest BCUT2D eigenvalue weighted by Crippen LogP contribution is 2.21. The minimum absolute atomic E-state index is 0.277. The second kappa shape index (κ2) is 6.83. The second-order valence-electron chi connectivity index (χ2n) is 3.49. The van der Waals surface area contributed by atoms with Crippen LogP contribution in [0.3, 0.4) is 0 Å². The van der Waals surface area contributed by atoms with Crippen LogP contribution in [-0.4, -0.2) is 6.61 Å². The van der Waals surface area contributed by atoms with Crippen LogP contribution in [0, 0.1) is 5.82 Å². The van der Waals surface area contributed by atoms with Crippen LogP contribution in [-0.2, 0) is 0 Å². The van der Waals surface area contributed by atoms with Crippen LogP contribution in [0.25, 0.3) is 0 Å². The van der Waals surface area contributed by atoms with Crippen molar-refractivity contribution in [2.45, 2.75) is 32.6 Å². The lowest BCUT2D eigenvalue weighted by Gasteiger charge is -2.06. The zero-order valence-electron chi connectivity index (χ0n) is 8.93. The third-order valence-corrected chi connectivity index (χ3v) is 2.80. The smallest absolute Gasteiger partial charge is 0.141 e. The summed E-state index contributed by atoms with van der Waals surface area (Å²) in [5.41, 5.74) is 0. The van der Waals surface area contributed by atoms with Gasteiger partial charge in [-0.15, -0.1) is 0 Å². The molecule has 0 aliphatic heterocycles. The monoisotopic (exact) mass is 274 g/mol. The number of halogens is 2. The van der Waals surface area contributed by atoms with Crippen molar-refractivity contribution in [2.24, 2.45) is 0 Å². The van der Waals surface area contributed by atoms with E-state index >= 15 is 0 Å². The molecular weight excluding hydrogens is 259 g/mol. The van der Waals surface area contributed by atoms with Gasteiger partial charge >= 0.3 is 0 Å². The fourth-order valence-corrected chi connectivity index (χ4v) is 1.53. The predicted octanol–water partition coefficient (Wildman–Crippen LogP) is 4.55. The number of unbranched alkanes of at least 4 members (excludes halogenated alkanes) is 3. The van der Waals surface area contributed by atoms with Crippen molar-refractivity contribution in [1.82, 2.24) is 0 Å². The molecule has 0 atom stereocenters. The van der Waals surface area contributed by atoms with Gasteiger partial charge in [0.1, 0.15) is 11.6 Å². The van der Waals surface area contributed by atoms with E-state index in [0.29, 0.717) is 16.8 Å². The van der Waals surface area contributed by atoms with Crippen LogP contribution in [0.5, 0.6) is 5.75 Å². The fraction of sp³-hybridized carbons (Fsp3) is 0.500. The lowest BCUT2D eigenvalue weighted by Crippen LogP contribution is -1.97. The van der Waals surface area contributed by atoms with E-state index < -0.39 is 0 Å². The summed E-state index contributed by atoms with van der Waals surface area (Å²) >= 11 is 3.10. The molecule has 1 aromatic carbocycles. The molecule has 84 valence electrons. The quantitative estimate of drug-likeness (QED) is 0.692. The summed E-state index contributed by atoms with van der Waals surface area (Å²) in [6.45, 7) is 2.84. The Morgan fingerprint density at radius 1 is 1.27 bits per heavy atom. The molecule has 15 heavy (non-hydrogen) atoms. The molecule has 0 bridgehead atoms. The molecule has 1 nitrogen and oxygen atoms in total. The Morgan fingerprint density at radius 3 is 2.73 bits per heavy atom. The Bertz CT molecular complexity index is 302. The zero-order chi connectivity index (χ0) is 11.1. The zero-order valence-corrected chi connectivity index (χ0v) is 10.5. The van der Waals surface area contributed by atoms with Gasteiger partial charge in [0.2, 0.25) is 0 Å². The van der Waals surface area contributed by atoms with Crippen LogP contribution in [0.15, 0.2) is 22.7 Å². The van der Waals surface area contributed by atoms with Gasteiger partial charge in [-0.1, -0.05) is 26.2 Å². The van der Waals surface area contributed by atoms with Gasteiger partial charge in [-0.05, 0) is 34.5 Å². The maximum atomic E-state index is 13.1. The molecule has 0 spiro atoms. The molecule has 0 radical (unpaired) electrons. The number of hydrogen-bond acceptors (Lipinski definition) is 1. The highest BCUT2D eigenvalue weighted by Gasteiger charge is 2.00. The first-order valence-electron chi connectivity index (χ1n) is 5.32. The minimum atomic E-state index is -0.277. The number of benzene rings is 1. The summed E-state index contributed by atoms with van der Waals surface area (Å²) in [6, 6.07) is 4.84. The molecule has 0 N–H and O–H groups in total. The molecule has 0 aliphatic carbocycles. The van der Waals surface area contributed by atoms with Crippen LogP contribution in [0.2, 0.25) is 0 Å². The summed E-state index contributed by atoms with van der Waals surface area (Å²) in [7, 11) is 0. The Hall–Kier alpha value is -0.570. The summed E-state index contributed by atoms with van der Waals surface area (Å²) in [5.74, 6) is 0.327. The van der Waals surface area contributed by atoms with E-state index in [9.17, 15) is 4.39 Å². The Labute approximate surface area is 98.8 Å². The topological polar surface area (TPSA) is 9.23 Å². The van der Waals surface area contributed by atoms with Crippen molar-refractivity contribution < 1.29 is 9.13 Å². The summed E-state index contributed by atoms with van der Waals surface area (Å²) in [4.78, 5) is 0. The molecule has 1 rings (SSSR count). The molecule has 0 saturated heterocycles. The Kier molecular flexibility index (Phi) is 5.69. The van der Waals surface area contributed by atoms with Crippen molar-refractivity contribution in [1.29, 1.82) is 0 Å². The maximum absolute atomic E-state index is 13.1. The normalized spacial score (nSPS) is 10.3. The van der Waals surface area contributed by atoms with E-state index in [1.165, 1.54) is 25.3 Å². The van der Waals surface area contributed by atoms with Gasteiger partial charge in [0.25, 0.3) is 0 Å². The predicted molar refractivity (Wildman–Crippen MR) is 63.7 cm³/mol. The third kappa shape index (κ3) is 4.65. The first-order valence-corrected chi connectivity index (χ1v) is 6.11. The molecular formula is C12H16BrFO. The minimum Gasteiger partial charge on any atom is -0.493 e. The molecule has 3 heteroatoms. The first-order chi connectivity index (χ1) is 7.24. The third-order valence-electron chi connectivity index (χ3n) is 2.16. The number of ether oxygens (including phenoxy) is 1. The van der Waals surface area contributed by atoms with Gasteiger partial charge in [-0.2, -0.15) is 0 Å². The van der Waals surface area contributed by atoms with Gasteiger partial charge in [-0.25, -0.2) is 4.39 Å². The highest BCUT2D eigenvalue weighted by molar-refractivity contribution is 9.10. The van der Waals surface area contributed by atoms with Crippen molar-refractivity contribution in [3.05, 3.63) is 28.5 Å². The van der Waals surface area contributed by atoms with Crippen LogP contribution in [0.1, 0.15) is 32.6 Å². The van der Waals surface area contributed by atoms with E-state index in [4.69, 9.17) is 4.74 Å². The second-order valence-corrected chi connectivity index (χ2v) is 4.34. The molecule has 0 fully saturated rings. The average molecular weight is 275 g/mol. The molecule has 1 aromatic rings. The molecule has 0 heterocycles. The van der Waals surface area contributed by atoms with E-state index in [-0.39, 0.29) is 5.82 Å². The van der Waals surface area contributed by atoms with Crippen molar-refractivity contribution in [3.63, 3.8) is 0 Å². The van der Waals surface area contributed by atoms with Gasteiger partial charge in [0.05, 0.1) is 11.1 Å². The fourth-order valence-electron chi connectivity index (χ4n) is 1.29. The van der Waals surface area contributed by atoms with Gasteiger partial charge in [0, 0.05) is 6.07 Å². The molecule has 0 saturated carbocycles. The number of hydrogen-bond donors (Lipinski definition) is 0. The lowest BCUT2D eigenvalue weighted by molar-refractivity contribution is 0.303. The molecule has 0 aliphatic rings. The van der Waals surface area contributed by atoms with Gasteiger partial charge in [0.15, 0.2) is 0 Å². The van der Waals surface area contributed by atoms with Gasteiger partial charge in [-0.3, -0.25) is 0 Å². The van der Waals surface area contributed by atoms with Crippen LogP contribution < -0.4 is 4.74 Å². The molecule has 0 amide bonds. The largest absolute Gasteiger partial charge is 0.493 e. The van der Waals surface area contributed by atoms with Gasteiger partial charge < -0.3 is 4.74 Å². The van der Waals surface area contributed by atoms with E-state index in [1.54, 1.807) is 12.1 Å². The molecule has 0 aromatic heterocycles. The summed E-state index contributed by atoms with van der Waals surface area (Å²) < 4.78 is 19.0. The number of rotatable bonds is 6. The van der Waals surface area contributed by atoms with E-state index in [2.05, 4.69) is 22.9 Å². The lowest BCUT2D eigenvalue weighted by atomic mass is 10.2. The maximum Gasteiger partial charge on any atom is 0.141 e. The Balaban J connectivity index is 2.28. The standard InChI is InChI=1S/C12H16BrFO/c1-2-3-4-5-8-15-10-6-7-11(13)12(14)9-10/h6-7,9H,2-5,8H2,1H3. The summed E-state index contributed by atoms with van der Waals surface area (Å²) in [5, 5.41) is 0. The van der Waals surface area contributed by atoms with Crippen LogP contribution in [0.4, 0.5) is 4.39 Å². The molecule has 0 unspecified atom stereocenters. The van der Waals surface area contributed by atoms with E-state index in [0.717, 1.165) is 6.42 Å². The van der Waals surface area contributed by atoms with Crippen molar-refractivity contribution in [2.75, 3.05) is 6.61 Å². The van der Waals surface area contributed by atoms with Crippen LogP contribution >= 0.6 is 15.9 Å². The Morgan fingerprint density at radius 2 is 2.07 bits per heavy atom. The van der Waals surface area contributed by atoms with Crippen molar-refractivity contribution >= 4 is 15.9 Å². The van der Waals surface area contributed by atoms with Crippen molar-refractivity contribution in [3.8, 4) is 5.75 Å². The van der Waals surface area contributed by atoms with E-state index in [1.807, 2.05) is 0 Å². The average Bonchev–Trinajstić information content (AvgIpc) is 2.23. The SMILES string of the molecule is CCCCCCOc1ccc(Br)c(F)c1. The first kappa shape index (κ1) is 12.5.